The Morgan fingerprint density at radius 1 is 1.40 bits per heavy atom. The number of aromatic nitrogens is 1. The van der Waals surface area contributed by atoms with Gasteiger partial charge in [0.1, 0.15) is 0 Å². The van der Waals surface area contributed by atoms with E-state index in [9.17, 15) is 4.79 Å². The van der Waals surface area contributed by atoms with Crippen molar-refractivity contribution in [1.29, 1.82) is 0 Å². The predicted octanol–water partition coefficient (Wildman–Crippen LogP) is 3.79. The van der Waals surface area contributed by atoms with Crippen molar-refractivity contribution in [1.82, 2.24) is 15.2 Å². The summed E-state index contributed by atoms with van der Waals surface area (Å²) in [4.78, 5) is 18.7. The van der Waals surface area contributed by atoms with E-state index in [0.29, 0.717) is 40.6 Å². The molecule has 1 aromatic heterocycles. The lowest BCUT2D eigenvalue weighted by molar-refractivity contribution is -0.134. The van der Waals surface area contributed by atoms with Crippen LogP contribution in [0.5, 0.6) is 0 Å². The number of benzene rings is 1. The van der Waals surface area contributed by atoms with Gasteiger partial charge in [-0.15, -0.1) is 0 Å². The molecule has 2 atom stereocenters. The second-order valence-electron chi connectivity index (χ2n) is 6.31. The van der Waals surface area contributed by atoms with Crippen molar-refractivity contribution < 1.29 is 9.21 Å². The van der Waals surface area contributed by atoms with E-state index in [1.54, 1.807) is 24.4 Å². The first kappa shape index (κ1) is 18.2. The number of rotatable bonds is 4. The maximum atomic E-state index is 12.5. The molecule has 0 aliphatic carbocycles. The topological polar surface area (TPSA) is 58.4 Å². The van der Waals surface area contributed by atoms with Gasteiger partial charge in [0.25, 0.3) is 0 Å². The Morgan fingerprint density at radius 2 is 2.20 bits per heavy atom. The number of carbonyl (C=O) groups is 1. The van der Waals surface area contributed by atoms with E-state index >= 15 is 0 Å². The van der Waals surface area contributed by atoms with E-state index in [2.05, 4.69) is 24.1 Å². The molecule has 1 aliphatic rings. The van der Waals surface area contributed by atoms with Crippen LogP contribution < -0.4 is 5.32 Å². The van der Waals surface area contributed by atoms with E-state index in [1.165, 1.54) is 0 Å². The highest BCUT2D eigenvalue weighted by atomic mass is 35.5. The second-order valence-corrected chi connectivity index (χ2v) is 7.16. The van der Waals surface area contributed by atoms with Crippen LogP contribution in [0.2, 0.25) is 10.0 Å². The van der Waals surface area contributed by atoms with Crippen LogP contribution in [-0.4, -0.2) is 41.0 Å². The van der Waals surface area contributed by atoms with Crippen LogP contribution in [0.1, 0.15) is 26.2 Å². The molecule has 1 aliphatic heterocycles. The Labute approximate surface area is 157 Å². The molecule has 1 aromatic carbocycles. The van der Waals surface area contributed by atoms with Gasteiger partial charge in [-0.3, -0.25) is 4.79 Å². The van der Waals surface area contributed by atoms with Crippen molar-refractivity contribution in [2.45, 2.75) is 38.8 Å². The highest BCUT2D eigenvalue weighted by molar-refractivity contribution is 6.36. The highest BCUT2D eigenvalue weighted by Crippen LogP contribution is 2.30. The molecule has 7 heteroatoms. The molecule has 2 aromatic rings. The number of hydrogen-bond acceptors (Lipinski definition) is 4. The first-order valence-corrected chi connectivity index (χ1v) is 9.14. The van der Waals surface area contributed by atoms with Crippen LogP contribution in [0, 0.1) is 0 Å². The fourth-order valence-corrected chi connectivity index (χ4v) is 3.51. The zero-order valence-electron chi connectivity index (χ0n) is 14.3. The summed E-state index contributed by atoms with van der Waals surface area (Å²) >= 11 is 12.1. The average Bonchev–Trinajstić information content (AvgIpc) is 3.04. The number of carbonyl (C=O) groups excluding carboxylic acids is 1. The van der Waals surface area contributed by atoms with Crippen LogP contribution in [0.15, 0.2) is 28.8 Å². The summed E-state index contributed by atoms with van der Waals surface area (Å²) in [7, 11) is 0. The number of oxazole rings is 1. The molecule has 2 heterocycles. The lowest BCUT2D eigenvalue weighted by Crippen LogP contribution is -2.57. The van der Waals surface area contributed by atoms with Crippen molar-refractivity contribution >= 4 is 29.1 Å². The minimum Gasteiger partial charge on any atom is -0.441 e. The summed E-state index contributed by atoms with van der Waals surface area (Å²) in [5.41, 5.74) is 0.737. The Balaban J connectivity index is 1.63. The highest BCUT2D eigenvalue weighted by Gasteiger charge is 2.27. The predicted molar refractivity (Wildman–Crippen MR) is 98.9 cm³/mol. The van der Waals surface area contributed by atoms with Gasteiger partial charge in [-0.1, -0.05) is 23.2 Å². The Hall–Kier alpha value is -1.56. The number of nitrogens with one attached hydrogen (secondary N) is 1. The number of piperazine rings is 1. The summed E-state index contributed by atoms with van der Waals surface area (Å²) in [5.74, 6) is 1.24. The van der Waals surface area contributed by atoms with E-state index in [0.717, 1.165) is 18.7 Å². The van der Waals surface area contributed by atoms with Gasteiger partial charge in [-0.05, 0) is 32.0 Å². The fourth-order valence-electron chi connectivity index (χ4n) is 3.01. The first-order chi connectivity index (χ1) is 12.0. The maximum absolute atomic E-state index is 12.5. The SMILES string of the molecule is CC1NCCN(C(=O)CCc2ncc(-c3ccc(Cl)cc3Cl)o2)C1C. The minimum atomic E-state index is 0.130. The standard InChI is InChI=1S/C18H21Cl2N3O2/c1-11-12(2)23(8-7-21-11)18(24)6-5-17-22-10-16(25-17)14-4-3-13(19)9-15(14)20/h3-4,9-12,21H,5-8H2,1-2H3. The smallest absolute Gasteiger partial charge is 0.223 e. The Morgan fingerprint density at radius 3 is 2.96 bits per heavy atom. The Bertz CT molecular complexity index is 763. The molecule has 1 saturated heterocycles. The monoisotopic (exact) mass is 381 g/mol. The van der Waals surface area contributed by atoms with E-state index in [4.69, 9.17) is 27.6 Å². The van der Waals surface area contributed by atoms with Crippen LogP contribution in [0.3, 0.4) is 0 Å². The lowest BCUT2D eigenvalue weighted by atomic mass is 10.1. The van der Waals surface area contributed by atoms with Crippen molar-refractivity contribution in [3.8, 4) is 11.3 Å². The number of hydrogen-bond donors (Lipinski definition) is 1. The minimum absolute atomic E-state index is 0.130. The lowest BCUT2D eigenvalue weighted by Gasteiger charge is -2.38. The van der Waals surface area contributed by atoms with Crippen LogP contribution >= 0.6 is 23.2 Å². The zero-order chi connectivity index (χ0) is 18.0. The summed E-state index contributed by atoms with van der Waals surface area (Å²) in [6, 6.07) is 5.70. The molecular formula is C18H21Cl2N3O2. The molecule has 134 valence electrons. The van der Waals surface area contributed by atoms with E-state index < -0.39 is 0 Å². The Kier molecular flexibility index (Phi) is 5.67. The number of amides is 1. The quantitative estimate of drug-likeness (QED) is 0.874. The molecule has 0 spiro atoms. The maximum Gasteiger partial charge on any atom is 0.223 e. The van der Waals surface area contributed by atoms with Crippen molar-refractivity contribution in [2.24, 2.45) is 0 Å². The third kappa shape index (κ3) is 4.17. The van der Waals surface area contributed by atoms with E-state index in [1.807, 2.05) is 4.90 Å². The van der Waals surface area contributed by atoms with E-state index in [-0.39, 0.29) is 11.9 Å². The fraction of sp³-hybridized carbons (Fsp3) is 0.444. The normalized spacial score (nSPS) is 20.7. The number of halogens is 2. The number of nitrogens with zero attached hydrogens (tertiary/aromatic N) is 2. The summed E-state index contributed by atoms with van der Waals surface area (Å²) in [6.45, 7) is 5.73. The van der Waals surface area contributed by atoms with Gasteiger partial charge < -0.3 is 14.6 Å². The van der Waals surface area contributed by atoms with Crippen molar-refractivity contribution in [3.05, 3.63) is 40.3 Å². The van der Waals surface area contributed by atoms with Gasteiger partial charge in [-0.25, -0.2) is 4.98 Å². The average molecular weight is 382 g/mol. The van der Waals surface area contributed by atoms with Crippen LogP contribution in [0.25, 0.3) is 11.3 Å². The third-order valence-corrected chi connectivity index (χ3v) is 5.21. The van der Waals surface area contributed by atoms with Gasteiger partial charge >= 0.3 is 0 Å². The van der Waals surface area contributed by atoms with Crippen LogP contribution in [0.4, 0.5) is 0 Å². The largest absolute Gasteiger partial charge is 0.441 e. The molecule has 1 N–H and O–H groups in total. The van der Waals surface area contributed by atoms with Crippen LogP contribution in [-0.2, 0) is 11.2 Å². The molecular weight excluding hydrogens is 361 g/mol. The zero-order valence-corrected chi connectivity index (χ0v) is 15.8. The van der Waals surface area contributed by atoms with Gasteiger partial charge in [0.15, 0.2) is 11.7 Å². The molecule has 0 radical (unpaired) electrons. The van der Waals surface area contributed by atoms with Gasteiger partial charge in [0.2, 0.25) is 5.91 Å². The second kappa shape index (κ2) is 7.77. The molecule has 25 heavy (non-hydrogen) atoms. The molecule has 0 saturated carbocycles. The van der Waals surface area contributed by atoms with Crippen molar-refractivity contribution in [3.63, 3.8) is 0 Å². The number of aryl methyl sites for hydroxylation is 1. The summed E-state index contributed by atoms with van der Waals surface area (Å²) in [5, 5.41) is 4.45. The van der Waals surface area contributed by atoms with Gasteiger partial charge in [0.05, 0.1) is 11.2 Å². The van der Waals surface area contributed by atoms with Gasteiger partial charge in [-0.2, -0.15) is 0 Å². The third-order valence-electron chi connectivity index (χ3n) is 4.66. The van der Waals surface area contributed by atoms with Crippen molar-refractivity contribution in [2.75, 3.05) is 13.1 Å². The summed E-state index contributed by atoms with van der Waals surface area (Å²) in [6.07, 6.45) is 2.48. The molecule has 5 nitrogen and oxygen atoms in total. The molecule has 3 rings (SSSR count). The molecule has 2 unspecified atom stereocenters. The molecule has 0 bridgehead atoms. The first-order valence-electron chi connectivity index (χ1n) is 8.38. The molecule has 1 fully saturated rings. The summed E-state index contributed by atoms with van der Waals surface area (Å²) < 4.78 is 5.75. The molecule has 1 amide bonds. The van der Waals surface area contributed by atoms with Gasteiger partial charge in [0, 0.05) is 48.6 Å².